The van der Waals surface area contributed by atoms with Crippen LogP contribution in [0.15, 0.2) is 18.5 Å². The molecule has 1 aromatic rings. The van der Waals surface area contributed by atoms with Gasteiger partial charge in [-0.05, 0) is 13.0 Å². The minimum atomic E-state index is -1.07. The van der Waals surface area contributed by atoms with E-state index in [2.05, 4.69) is 10.4 Å². The first-order chi connectivity index (χ1) is 8.52. The third-order valence-electron chi connectivity index (χ3n) is 3.14. The first-order valence-corrected chi connectivity index (χ1v) is 5.60. The van der Waals surface area contributed by atoms with Crippen LogP contribution in [0.25, 0.3) is 0 Å². The summed E-state index contributed by atoms with van der Waals surface area (Å²) >= 11 is 0. The van der Waals surface area contributed by atoms with Crippen LogP contribution in [0.4, 0.5) is 0 Å². The van der Waals surface area contributed by atoms with Crippen molar-refractivity contribution in [1.82, 2.24) is 15.1 Å². The van der Waals surface area contributed by atoms with Gasteiger partial charge in [-0.1, -0.05) is 0 Å². The third-order valence-corrected chi connectivity index (χ3v) is 3.14. The predicted octanol–water partition coefficient (Wildman–Crippen LogP) is -0.511. The van der Waals surface area contributed by atoms with Crippen molar-refractivity contribution in [3.05, 3.63) is 18.5 Å². The van der Waals surface area contributed by atoms with Gasteiger partial charge in [0.1, 0.15) is 12.0 Å². The van der Waals surface area contributed by atoms with Crippen molar-refractivity contribution in [1.29, 1.82) is 0 Å². The number of nitrogens with zero attached hydrogens (tertiary/aromatic N) is 2. The molecular formula is C11H15N3O4. The quantitative estimate of drug-likeness (QED) is 0.753. The van der Waals surface area contributed by atoms with Crippen LogP contribution in [-0.4, -0.2) is 46.0 Å². The molecule has 2 heterocycles. The predicted molar refractivity (Wildman–Crippen MR) is 60.7 cm³/mol. The highest BCUT2D eigenvalue weighted by molar-refractivity contribution is 5.80. The molecule has 2 unspecified atom stereocenters. The van der Waals surface area contributed by atoms with Crippen LogP contribution in [0.2, 0.25) is 0 Å². The van der Waals surface area contributed by atoms with Crippen molar-refractivity contribution in [2.45, 2.75) is 19.5 Å². The molecule has 1 aliphatic rings. The summed E-state index contributed by atoms with van der Waals surface area (Å²) in [6.45, 7) is 1.96. The van der Waals surface area contributed by atoms with Gasteiger partial charge >= 0.3 is 5.97 Å². The molecule has 0 bridgehead atoms. The van der Waals surface area contributed by atoms with Crippen molar-refractivity contribution < 1.29 is 19.4 Å². The molecule has 2 atom stereocenters. The van der Waals surface area contributed by atoms with E-state index in [4.69, 9.17) is 9.84 Å². The van der Waals surface area contributed by atoms with Gasteiger partial charge in [0, 0.05) is 12.4 Å². The van der Waals surface area contributed by atoms with Gasteiger partial charge in [0.2, 0.25) is 5.91 Å². The van der Waals surface area contributed by atoms with Crippen molar-refractivity contribution in [3.63, 3.8) is 0 Å². The van der Waals surface area contributed by atoms with Gasteiger partial charge in [-0.25, -0.2) is 0 Å². The molecular weight excluding hydrogens is 238 g/mol. The summed E-state index contributed by atoms with van der Waals surface area (Å²) in [5.41, 5.74) is -1.07. The van der Waals surface area contributed by atoms with E-state index in [-0.39, 0.29) is 25.7 Å². The normalized spacial score (nSPS) is 27.1. The molecule has 0 aromatic carbocycles. The molecule has 0 spiro atoms. The number of hydrogen-bond donors (Lipinski definition) is 2. The molecule has 1 amide bonds. The molecule has 0 radical (unpaired) electrons. The number of hydrogen-bond acceptors (Lipinski definition) is 4. The first kappa shape index (κ1) is 12.6. The fourth-order valence-electron chi connectivity index (χ4n) is 1.87. The van der Waals surface area contributed by atoms with Gasteiger partial charge in [0.15, 0.2) is 0 Å². The maximum absolute atomic E-state index is 11.8. The van der Waals surface area contributed by atoms with E-state index in [0.29, 0.717) is 0 Å². The van der Waals surface area contributed by atoms with E-state index >= 15 is 0 Å². The zero-order valence-electron chi connectivity index (χ0n) is 10.00. The number of carboxylic acid groups (broad SMARTS) is 1. The highest BCUT2D eigenvalue weighted by atomic mass is 16.5. The summed E-state index contributed by atoms with van der Waals surface area (Å²) in [6, 6.07) is 1.20. The van der Waals surface area contributed by atoms with Crippen molar-refractivity contribution >= 4 is 11.9 Å². The summed E-state index contributed by atoms with van der Waals surface area (Å²) in [4.78, 5) is 22.9. The Balaban J connectivity index is 1.96. The van der Waals surface area contributed by atoms with Crippen molar-refractivity contribution in [2.75, 3.05) is 13.2 Å². The topological polar surface area (TPSA) is 93.5 Å². The molecule has 2 rings (SSSR count). The fourth-order valence-corrected chi connectivity index (χ4v) is 1.87. The molecule has 2 N–H and O–H groups in total. The van der Waals surface area contributed by atoms with E-state index in [1.165, 1.54) is 4.68 Å². The number of aliphatic carboxylic acids is 1. The van der Waals surface area contributed by atoms with Crippen LogP contribution >= 0.6 is 0 Å². The summed E-state index contributed by atoms with van der Waals surface area (Å²) in [5.74, 6) is -1.24. The van der Waals surface area contributed by atoms with Crippen LogP contribution < -0.4 is 5.32 Å². The van der Waals surface area contributed by atoms with E-state index in [1.807, 2.05) is 0 Å². The lowest BCUT2D eigenvalue weighted by Crippen LogP contribution is -2.50. The Bertz CT molecular complexity index is 445. The number of carboxylic acids is 1. The summed E-state index contributed by atoms with van der Waals surface area (Å²) in [5, 5.41) is 15.8. The van der Waals surface area contributed by atoms with E-state index in [1.54, 1.807) is 25.4 Å². The molecule has 1 fully saturated rings. The summed E-state index contributed by atoms with van der Waals surface area (Å²) in [6.07, 6.45) is 3.24. The van der Waals surface area contributed by atoms with E-state index < -0.39 is 17.4 Å². The highest BCUT2D eigenvalue weighted by Gasteiger charge is 2.47. The molecule has 7 nitrogen and oxygen atoms in total. The van der Waals surface area contributed by atoms with Crippen molar-refractivity contribution in [3.8, 4) is 0 Å². The zero-order valence-corrected chi connectivity index (χ0v) is 10.00. The Labute approximate surface area is 104 Å². The number of ether oxygens (including phenoxy) is 1. The lowest BCUT2D eigenvalue weighted by atomic mass is 9.85. The minimum absolute atomic E-state index is 0.0686. The zero-order chi connectivity index (χ0) is 13.2. The molecule has 1 aromatic heterocycles. The van der Waals surface area contributed by atoms with Crippen LogP contribution in [0, 0.1) is 5.41 Å². The van der Waals surface area contributed by atoms with E-state index in [0.717, 1.165) is 0 Å². The minimum Gasteiger partial charge on any atom is -0.481 e. The lowest BCUT2D eigenvalue weighted by Gasteiger charge is -2.25. The Kier molecular flexibility index (Phi) is 3.33. The van der Waals surface area contributed by atoms with Crippen molar-refractivity contribution in [2.24, 2.45) is 5.41 Å². The number of carbonyl (C=O) groups excluding carboxylic acids is 1. The van der Waals surface area contributed by atoms with Crippen LogP contribution in [0.1, 0.15) is 6.92 Å². The molecule has 1 aliphatic heterocycles. The van der Waals surface area contributed by atoms with Gasteiger partial charge < -0.3 is 15.2 Å². The molecule has 7 heteroatoms. The van der Waals surface area contributed by atoms with Crippen LogP contribution in [-0.2, 0) is 20.9 Å². The maximum Gasteiger partial charge on any atom is 0.313 e. The average Bonchev–Trinajstić information content (AvgIpc) is 2.90. The highest BCUT2D eigenvalue weighted by Crippen LogP contribution is 2.28. The number of rotatable bonds is 4. The number of amides is 1. The van der Waals surface area contributed by atoms with Gasteiger partial charge in [0.25, 0.3) is 0 Å². The standard InChI is InChI=1S/C11H15N3O4/c1-11(10(16)17)7-18-6-8(11)13-9(15)5-14-4-2-3-12-14/h2-4,8H,5-7H2,1H3,(H,13,15)(H,16,17). The second kappa shape index (κ2) is 4.77. The summed E-state index contributed by atoms with van der Waals surface area (Å²) < 4.78 is 6.63. The Morgan fingerprint density at radius 2 is 2.44 bits per heavy atom. The lowest BCUT2D eigenvalue weighted by molar-refractivity contribution is -0.149. The molecule has 1 saturated heterocycles. The number of nitrogens with one attached hydrogen (secondary N) is 1. The summed E-state index contributed by atoms with van der Waals surface area (Å²) in [7, 11) is 0. The fraction of sp³-hybridized carbons (Fsp3) is 0.545. The molecule has 0 aliphatic carbocycles. The number of aromatic nitrogens is 2. The van der Waals surface area contributed by atoms with E-state index in [9.17, 15) is 9.59 Å². The third kappa shape index (κ3) is 2.35. The van der Waals surface area contributed by atoms with Crippen LogP contribution in [0.5, 0.6) is 0 Å². The first-order valence-electron chi connectivity index (χ1n) is 5.60. The van der Waals surface area contributed by atoms with Crippen LogP contribution in [0.3, 0.4) is 0 Å². The largest absolute Gasteiger partial charge is 0.481 e. The monoisotopic (exact) mass is 253 g/mol. The Morgan fingerprint density at radius 3 is 3.06 bits per heavy atom. The van der Waals surface area contributed by atoms with Gasteiger partial charge in [-0.15, -0.1) is 0 Å². The number of carbonyl (C=O) groups is 2. The molecule has 0 saturated carbocycles. The molecule has 98 valence electrons. The Morgan fingerprint density at radius 1 is 1.67 bits per heavy atom. The average molecular weight is 253 g/mol. The van der Waals surface area contributed by atoms with Gasteiger partial charge in [-0.3, -0.25) is 14.3 Å². The smallest absolute Gasteiger partial charge is 0.313 e. The van der Waals surface area contributed by atoms with Gasteiger partial charge in [0.05, 0.1) is 19.3 Å². The van der Waals surface area contributed by atoms with Gasteiger partial charge in [-0.2, -0.15) is 5.10 Å². The Hall–Kier alpha value is -1.89. The molecule has 18 heavy (non-hydrogen) atoms. The second-order valence-corrected chi connectivity index (χ2v) is 4.56. The maximum atomic E-state index is 11.8. The SMILES string of the molecule is CC1(C(=O)O)COCC1NC(=O)Cn1cccn1. The second-order valence-electron chi connectivity index (χ2n) is 4.56.